The number of aromatic hydroxyl groups is 1. The first-order chi connectivity index (χ1) is 16.5. The molecule has 2 aromatic carbocycles. The standard InChI is InChI=1S/C24H18FN7O2/c1-32-10-16(20(11-33)31-32)17-5-6-19-22(26-17)23(30-29-19)24-27-18-4-2-3-15(21(18)28-24)12-7-13(25)9-14(34)8-12/h2-10,33-34H,11H2,1H3,(H,27,28)(H,29,30). The number of halogens is 1. The van der Waals surface area contributed by atoms with Crippen LogP contribution >= 0.6 is 0 Å². The molecule has 4 aromatic heterocycles. The first-order valence-corrected chi connectivity index (χ1v) is 10.5. The maximum Gasteiger partial charge on any atom is 0.161 e. The molecule has 9 nitrogen and oxygen atoms in total. The minimum atomic E-state index is -0.532. The number of aromatic amines is 2. The Morgan fingerprint density at radius 2 is 1.88 bits per heavy atom. The summed E-state index contributed by atoms with van der Waals surface area (Å²) in [6.07, 6.45) is 1.81. The van der Waals surface area contributed by atoms with Crippen LogP contribution in [0.3, 0.4) is 0 Å². The van der Waals surface area contributed by atoms with Crippen LogP contribution in [0.4, 0.5) is 4.39 Å². The Kier molecular flexibility index (Phi) is 4.42. The number of benzene rings is 2. The number of hydrogen-bond acceptors (Lipinski definition) is 6. The van der Waals surface area contributed by atoms with Crippen LogP contribution in [0.1, 0.15) is 5.69 Å². The van der Waals surface area contributed by atoms with E-state index < -0.39 is 5.82 Å². The topological polar surface area (TPSA) is 129 Å². The molecule has 0 aliphatic heterocycles. The molecule has 0 spiro atoms. The van der Waals surface area contributed by atoms with Gasteiger partial charge in [-0.3, -0.25) is 9.78 Å². The van der Waals surface area contributed by atoms with Crippen molar-refractivity contribution < 1.29 is 14.6 Å². The smallest absolute Gasteiger partial charge is 0.161 e. The van der Waals surface area contributed by atoms with Crippen molar-refractivity contribution >= 4 is 22.1 Å². The molecule has 6 rings (SSSR count). The number of aliphatic hydroxyl groups is 1. The van der Waals surface area contributed by atoms with Crippen LogP contribution in [0.5, 0.6) is 5.75 Å². The molecule has 0 fully saturated rings. The maximum absolute atomic E-state index is 13.9. The fourth-order valence-corrected chi connectivity index (χ4v) is 4.19. The van der Waals surface area contributed by atoms with E-state index in [0.717, 1.165) is 22.7 Å². The van der Waals surface area contributed by atoms with Crippen LogP contribution in [-0.2, 0) is 13.7 Å². The van der Waals surface area contributed by atoms with E-state index >= 15 is 0 Å². The first kappa shape index (κ1) is 20.1. The number of imidazole rings is 1. The van der Waals surface area contributed by atoms with Crippen molar-refractivity contribution in [1.29, 1.82) is 0 Å². The van der Waals surface area contributed by atoms with Crippen molar-refractivity contribution in [2.75, 3.05) is 0 Å². The summed E-state index contributed by atoms with van der Waals surface area (Å²) in [6, 6.07) is 13.1. The Morgan fingerprint density at radius 1 is 1.00 bits per heavy atom. The molecular weight excluding hydrogens is 437 g/mol. The molecule has 0 unspecified atom stereocenters. The molecule has 0 aliphatic rings. The molecule has 0 saturated carbocycles. The van der Waals surface area contributed by atoms with Gasteiger partial charge in [-0.25, -0.2) is 14.4 Å². The van der Waals surface area contributed by atoms with Gasteiger partial charge in [-0.15, -0.1) is 0 Å². The van der Waals surface area contributed by atoms with E-state index in [9.17, 15) is 14.6 Å². The highest BCUT2D eigenvalue weighted by Crippen LogP contribution is 2.33. The zero-order valence-corrected chi connectivity index (χ0v) is 17.9. The van der Waals surface area contributed by atoms with Crippen LogP contribution < -0.4 is 0 Å². The highest BCUT2D eigenvalue weighted by atomic mass is 19.1. The van der Waals surface area contributed by atoms with Gasteiger partial charge in [0, 0.05) is 30.4 Å². The third-order valence-corrected chi connectivity index (χ3v) is 5.67. The lowest BCUT2D eigenvalue weighted by molar-refractivity contribution is 0.276. The van der Waals surface area contributed by atoms with Crippen LogP contribution in [0.25, 0.3) is 56.0 Å². The van der Waals surface area contributed by atoms with Crippen LogP contribution in [-0.4, -0.2) is 45.1 Å². The number of phenols is 1. The predicted molar refractivity (Wildman–Crippen MR) is 124 cm³/mol. The number of fused-ring (bicyclic) bond motifs is 2. The summed E-state index contributed by atoms with van der Waals surface area (Å²) >= 11 is 0. The number of pyridine rings is 1. The van der Waals surface area contributed by atoms with E-state index in [1.807, 2.05) is 30.3 Å². The molecule has 4 heterocycles. The van der Waals surface area contributed by atoms with E-state index in [0.29, 0.717) is 45.1 Å². The molecule has 0 aliphatic carbocycles. The van der Waals surface area contributed by atoms with Crippen molar-refractivity contribution in [1.82, 2.24) is 34.9 Å². The number of hydrogen-bond donors (Lipinski definition) is 4. The number of phenolic OH excluding ortho intramolecular Hbond substituents is 1. The monoisotopic (exact) mass is 455 g/mol. The Bertz CT molecular complexity index is 1680. The van der Waals surface area contributed by atoms with Crippen LogP contribution in [0.2, 0.25) is 0 Å². The van der Waals surface area contributed by atoms with Gasteiger partial charge < -0.3 is 15.2 Å². The van der Waals surface area contributed by atoms with Gasteiger partial charge in [-0.05, 0) is 35.9 Å². The van der Waals surface area contributed by atoms with Gasteiger partial charge in [0.2, 0.25) is 0 Å². The lowest BCUT2D eigenvalue weighted by Gasteiger charge is -2.04. The summed E-state index contributed by atoms with van der Waals surface area (Å²) in [7, 11) is 1.79. The van der Waals surface area contributed by atoms with E-state index in [-0.39, 0.29) is 12.4 Å². The normalized spacial score (nSPS) is 11.6. The van der Waals surface area contributed by atoms with Gasteiger partial charge in [0.25, 0.3) is 0 Å². The lowest BCUT2D eigenvalue weighted by atomic mass is 10.0. The second-order valence-electron chi connectivity index (χ2n) is 7.97. The molecule has 0 radical (unpaired) electrons. The summed E-state index contributed by atoms with van der Waals surface area (Å²) in [5, 5.41) is 31.2. The zero-order chi connectivity index (χ0) is 23.4. The minimum absolute atomic E-state index is 0.157. The van der Waals surface area contributed by atoms with Gasteiger partial charge in [0.15, 0.2) is 11.5 Å². The van der Waals surface area contributed by atoms with Crippen molar-refractivity contribution in [2.24, 2.45) is 7.05 Å². The van der Waals surface area contributed by atoms with Gasteiger partial charge >= 0.3 is 0 Å². The Labute approximate surface area is 191 Å². The van der Waals surface area contributed by atoms with Gasteiger partial charge in [-0.2, -0.15) is 10.2 Å². The fraction of sp³-hybridized carbons (Fsp3) is 0.0833. The largest absolute Gasteiger partial charge is 0.508 e. The van der Waals surface area contributed by atoms with Crippen LogP contribution in [0, 0.1) is 5.82 Å². The Morgan fingerprint density at radius 3 is 2.71 bits per heavy atom. The van der Waals surface area contributed by atoms with Gasteiger partial charge in [0.1, 0.15) is 17.1 Å². The molecule has 168 valence electrons. The number of H-pyrrole nitrogens is 2. The first-order valence-electron chi connectivity index (χ1n) is 10.5. The highest BCUT2D eigenvalue weighted by molar-refractivity contribution is 5.96. The number of aromatic nitrogens is 7. The van der Waals surface area contributed by atoms with Crippen LogP contribution in [0.15, 0.2) is 54.7 Å². The molecule has 0 amide bonds. The maximum atomic E-state index is 13.9. The number of para-hydroxylation sites is 1. The molecule has 0 bridgehead atoms. The fourth-order valence-electron chi connectivity index (χ4n) is 4.19. The quantitative estimate of drug-likeness (QED) is 0.319. The summed E-state index contributed by atoms with van der Waals surface area (Å²) in [6.45, 7) is -0.198. The number of aliphatic hydroxyl groups excluding tert-OH is 1. The molecule has 0 atom stereocenters. The second-order valence-corrected chi connectivity index (χ2v) is 7.97. The van der Waals surface area contributed by atoms with E-state index in [4.69, 9.17) is 9.97 Å². The number of aryl methyl sites for hydroxylation is 1. The molecule has 6 aromatic rings. The third kappa shape index (κ3) is 3.20. The third-order valence-electron chi connectivity index (χ3n) is 5.67. The minimum Gasteiger partial charge on any atom is -0.508 e. The van der Waals surface area contributed by atoms with E-state index in [1.165, 1.54) is 12.1 Å². The highest BCUT2D eigenvalue weighted by Gasteiger charge is 2.18. The predicted octanol–water partition coefficient (Wildman–Crippen LogP) is 3.91. The average Bonchev–Trinajstić information content (AvgIpc) is 3.53. The SMILES string of the molecule is Cn1cc(-c2ccc3[nH]nc(-c4nc5c(-c6cc(O)cc(F)c6)cccc5[nH]4)c3n2)c(CO)n1. The second kappa shape index (κ2) is 7.49. The van der Waals surface area contributed by atoms with Gasteiger partial charge in [-0.1, -0.05) is 12.1 Å². The summed E-state index contributed by atoms with van der Waals surface area (Å²) in [5.74, 6) is -0.196. The van der Waals surface area contributed by atoms with Crippen molar-refractivity contribution in [3.63, 3.8) is 0 Å². The van der Waals surface area contributed by atoms with Gasteiger partial charge in [0.05, 0.1) is 34.5 Å². The zero-order valence-electron chi connectivity index (χ0n) is 17.9. The van der Waals surface area contributed by atoms with Crippen molar-refractivity contribution in [3.05, 3.63) is 66.2 Å². The molecule has 10 heteroatoms. The number of nitrogens with zero attached hydrogens (tertiary/aromatic N) is 5. The Hall–Kier alpha value is -4.57. The lowest BCUT2D eigenvalue weighted by Crippen LogP contribution is -1.92. The summed E-state index contributed by atoms with van der Waals surface area (Å²) in [5.41, 5.74) is 6.31. The average molecular weight is 455 g/mol. The molecule has 4 N–H and O–H groups in total. The van der Waals surface area contributed by atoms with E-state index in [2.05, 4.69) is 20.3 Å². The summed E-state index contributed by atoms with van der Waals surface area (Å²) in [4.78, 5) is 12.8. The Balaban J connectivity index is 1.51. The summed E-state index contributed by atoms with van der Waals surface area (Å²) < 4.78 is 15.6. The number of nitrogens with one attached hydrogen (secondary N) is 2. The van der Waals surface area contributed by atoms with Crippen molar-refractivity contribution in [3.8, 4) is 39.7 Å². The molecular formula is C24H18FN7O2. The number of rotatable bonds is 4. The van der Waals surface area contributed by atoms with E-state index in [1.54, 1.807) is 17.9 Å². The molecule has 34 heavy (non-hydrogen) atoms. The van der Waals surface area contributed by atoms with Crippen molar-refractivity contribution in [2.45, 2.75) is 6.61 Å². The molecule has 0 saturated heterocycles.